The highest BCUT2D eigenvalue weighted by molar-refractivity contribution is 7.80. The Morgan fingerprint density at radius 2 is 0.427 bits per heavy atom. The molecular formula is C129H228O13S. The number of rotatable bonds is 26. The molecule has 20 aliphatic rings. The quantitative estimate of drug-likeness (QED) is 0.0286. The molecule has 0 spiro atoms. The van der Waals surface area contributed by atoms with Crippen molar-refractivity contribution in [3.63, 3.8) is 0 Å². The molecule has 50 atom stereocenters. The highest BCUT2D eigenvalue weighted by Crippen LogP contribution is 2.78. The van der Waals surface area contributed by atoms with Gasteiger partial charge in [0.1, 0.15) is 0 Å². The molecule has 15 unspecified atom stereocenters. The molecule has 13 nitrogen and oxygen atoms in total. The maximum absolute atomic E-state index is 11.8. The van der Waals surface area contributed by atoms with E-state index in [1.807, 2.05) is 0 Å². The van der Waals surface area contributed by atoms with Crippen molar-refractivity contribution in [3.8, 4) is 0 Å². The molecule has 0 aromatic rings. The van der Waals surface area contributed by atoms with Crippen molar-refractivity contribution in [1.82, 2.24) is 0 Å². The summed E-state index contributed by atoms with van der Waals surface area (Å²) in [5.74, 6) is 22.9. The van der Waals surface area contributed by atoms with Crippen LogP contribution in [0.1, 0.15) is 485 Å². The number of fused-ring (bicyclic) bond motifs is 25. The highest BCUT2D eigenvalue weighted by atomic mass is 32.3. The van der Waals surface area contributed by atoms with E-state index in [4.69, 9.17) is 4.55 Å². The van der Waals surface area contributed by atoms with Gasteiger partial charge in [0.2, 0.25) is 0 Å². The zero-order valence-electron chi connectivity index (χ0n) is 95.9. The number of hydrogen-bond acceptors (Lipinski definition) is 12. The van der Waals surface area contributed by atoms with E-state index in [9.17, 15) is 54.4 Å². The smallest absolute Gasteiger partial charge is 0.396 e. The lowest BCUT2D eigenvalue weighted by Gasteiger charge is -2.64. The molecule has 0 radical (unpaired) electrons. The predicted molar refractivity (Wildman–Crippen MR) is 585 cm³/mol. The Kier molecular flexibility index (Phi) is 37.3. The Labute approximate surface area is 877 Å². The molecular weight excluding hydrogens is 1790 g/mol. The minimum atomic E-state index is -4.34. The minimum Gasteiger partial charge on any atom is -0.396 e. The molecule has 0 amide bonds. The number of hydrogen-bond donors (Lipinski definition) is 10. The first kappa shape index (κ1) is 115. The van der Waals surface area contributed by atoms with Gasteiger partial charge in [-0.15, -0.1) is 0 Å². The average molecular weight is 2020 g/mol. The monoisotopic (exact) mass is 2020 g/mol. The van der Waals surface area contributed by atoms with Gasteiger partial charge < -0.3 is 46.0 Å². The second kappa shape index (κ2) is 46.4. The third-order valence-electron chi connectivity index (χ3n) is 54.5. The molecule has 20 fully saturated rings. The minimum absolute atomic E-state index is 0.0529. The fourth-order valence-electron chi connectivity index (χ4n) is 48.1. The van der Waals surface area contributed by atoms with Crippen LogP contribution in [-0.4, -0.2) is 122 Å². The summed E-state index contributed by atoms with van der Waals surface area (Å²) in [4.78, 5) is 0. The van der Waals surface area contributed by atoms with E-state index < -0.39 is 10.4 Å². The normalized spacial score (nSPS) is 51.1. The van der Waals surface area contributed by atoms with Crippen LogP contribution in [0.2, 0.25) is 0 Å². The molecule has 14 heteroatoms. The van der Waals surface area contributed by atoms with Crippen molar-refractivity contribution in [1.29, 1.82) is 0 Å². The molecule has 0 bridgehead atoms. The average Bonchev–Trinajstić information content (AvgIpc) is 1.68. The molecule has 20 saturated carbocycles. The van der Waals surface area contributed by atoms with E-state index in [2.05, 4.69) is 143 Å². The first-order valence-electron chi connectivity index (χ1n) is 63.5. The first-order chi connectivity index (χ1) is 68.0. The van der Waals surface area contributed by atoms with Crippen LogP contribution in [0.15, 0.2) is 0 Å². The lowest BCUT2D eigenvalue weighted by molar-refractivity contribution is -0.194. The SMILES string of the molecule is CC[C@@H]1[C@H](O)C2C3CC[C@H]([C@H](C)CCCO)[C@@]3(C)CCC2[C@@]2(C)CCCC[C@@H]12.CC[C@H]1[C@@H](O)C2C3CC[C@H]([C@H](C)CCCO)[C@@]3(C)CCC2[C@@]2(C)CCCC[C@@H]12.CC[C@H]1[C@@H](O)C2C3CC[C@H]([C@H](C)CCCOS(=O)(=O)O)[C@@]3(C)CCC2[C@@]2(C)CCCC[C@@H]12.CC[C@H]1[C@@H](O)C2C3CC[C@H]([C@H](C)CCO)[C@@]3(C)CCC2[C@@]2(C)CCCC[C@@H]12.CC[C@H]1[C@H](O)C2C3CC[C@H]([C@H](C)CCCO)[C@@]3(C)CCC2[C@@]2(C)CCCC[C@@H]12. The van der Waals surface area contributed by atoms with E-state index in [-0.39, 0.29) is 42.5 Å². The van der Waals surface area contributed by atoms with Gasteiger partial charge in [-0.1, -0.05) is 235 Å². The van der Waals surface area contributed by atoms with Gasteiger partial charge in [0.05, 0.1) is 37.1 Å². The van der Waals surface area contributed by atoms with Gasteiger partial charge in [0, 0.05) is 26.4 Å². The summed E-state index contributed by atoms with van der Waals surface area (Å²) in [5.41, 5.74) is 4.18. The highest BCUT2D eigenvalue weighted by Gasteiger charge is 2.72. The van der Waals surface area contributed by atoms with Gasteiger partial charge >= 0.3 is 10.4 Å². The van der Waals surface area contributed by atoms with Gasteiger partial charge in [-0.2, -0.15) is 8.42 Å². The molecule has 0 aromatic heterocycles. The molecule has 0 aliphatic heterocycles. The standard InChI is InChI=1S/C26H46O5S.3C26H46O2.C25H44O2/c1-5-18-20-10-6-7-14-25(20,3)22-13-15-26(4)19(11-12-21(26)23(22)24(18)27)17(2)9-8-16-31-32(28,29)30;3*1-5-18-20-10-6-7-14-25(20,3)22-13-15-26(4)19(17(2)9-8-16-27)11-12-21(26)23(22)24(18)28;1-5-17-19-8-6-7-13-24(19,3)21-11-14-25(4)18(16(2)12-15-26)9-10-20(25)22(21)23(17)27/h17-24,27H,5-16H2,1-4H3,(H,28,29,30);3*17-24,27-28H,5-16H2,1-4H3;16-23,26-27H,5-15H2,1-4H3/t17-,18-,19-,20+,21?,22?,23?,24-,25+,26-;17-,18+,19-,20+,21?,22?,23?,24+,25+,26-;17-,18-,19-,20+,21?,22?,23?,24+,25+,26-;17-,18-,19-,20+,21?,22?,23?,24-,25+,26-;16-,17-,18-,19+,20?,21?,22?,23-,24+,25-/m11111/s1. The number of aliphatic hydroxyl groups is 9. The second-order valence-electron chi connectivity index (χ2n) is 59.1. The van der Waals surface area contributed by atoms with Crippen molar-refractivity contribution >= 4 is 10.4 Å². The van der Waals surface area contributed by atoms with E-state index >= 15 is 0 Å². The summed E-state index contributed by atoms with van der Waals surface area (Å²) in [7, 11) is -4.34. The molecule has 10 N–H and O–H groups in total. The van der Waals surface area contributed by atoms with Crippen molar-refractivity contribution < 1.29 is 63.1 Å². The van der Waals surface area contributed by atoms with Crippen molar-refractivity contribution in [2.75, 3.05) is 33.0 Å². The van der Waals surface area contributed by atoms with Crippen LogP contribution in [0.5, 0.6) is 0 Å². The molecule has 20 aliphatic carbocycles. The molecule has 0 heterocycles. The molecule has 143 heavy (non-hydrogen) atoms. The Bertz CT molecular complexity index is 3890. The van der Waals surface area contributed by atoms with E-state index in [1.54, 1.807) is 0 Å². The van der Waals surface area contributed by atoms with E-state index in [1.165, 1.54) is 257 Å². The van der Waals surface area contributed by atoms with E-state index in [0.29, 0.717) is 200 Å². The second-order valence-corrected chi connectivity index (χ2v) is 60.2. The summed E-state index contributed by atoms with van der Waals surface area (Å²) >= 11 is 0. The van der Waals surface area contributed by atoms with Crippen LogP contribution in [0.25, 0.3) is 0 Å². The summed E-state index contributed by atoms with van der Waals surface area (Å²) in [6, 6.07) is 0. The van der Waals surface area contributed by atoms with Gasteiger partial charge in [-0.25, -0.2) is 4.18 Å². The van der Waals surface area contributed by atoms with E-state index in [0.717, 1.165) is 172 Å². The van der Waals surface area contributed by atoms with Crippen molar-refractivity contribution in [2.45, 2.75) is 516 Å². The molecule has 828 valence electrons. The zero-order valence-corrected chi connectivity index (χ0v) is 96.7. The van der Waals surface area contributed by atoms with Crippen LogP contribution < -0.4 is 0 Å². The Morgan fingerprint density at radius 3 is 0.608 bits per heavy atom. The molecule has 0 aromatic carbocycles. The fraction of sp³-hybridized carbons (Fsp3) is 1.00. The third-order valence-corrected chi connectivity index (χ3v) is 55.0. The Morgan fingerprint density at radius 1 is 0.238 bits per heavy atom. The summed E-state index contributed by atoms with van der Waals surface area (Å²) in [6.07, 6.45) is 68.2. The Balaban J connectivity index is 0.000000129. The van der Waals surface area contributed by atoms with Crippen LogP contribution in [-0.2, 0) is 14.6 Å². The first-order valence-corrected chi connectivity index (χ1v) is 64.9. The van der Waals surface area contributed by atoms with Gasteiger partial charge in [0.25, 0.3) is 0 Å². The summed E-state index contributed by atoms with van der Waals surface area (Å²) in [6.45, 7) is 50.9. The fourth-order valence-corrected chi connectivity index (χ4v) is 48.4. The van der Waals surface area contributed by atoms with Gasteiger partial charge in [-0.3, -0.25) is 4.55 Å². The molecule has 0 saturated heterocycles. The number of aliphatic hydroxyl groups excluding tert-OH is 9. The zero-order chi connectivity index (χ0) is 103. The van der Waals surface area contributed by atoms with Crippen molar-refractivity contribution in [2.24, 2.45) is 261 Å². The predicted octanol–water partition coefficient (Wildman–Crippen LogP) is 29.7. The summed E-state index contributed by atoms with van der Waals surface area (Å²) in [5, 5.41) is 96.0. The van der Waals surface area contributed by atoms with Crippen molar-refractivity contribution in [3.05, 3.63) is 0 Å². The van der Waals surface area contributed by atoms with Gasteiger partial charge in [-0.05, 0) is 512 Å². The van der Waals surface area contributed by atoms with Crippen LogP contribution in [0.4, 0.5) is 0 Å². The lowest BCUT2D eigenvalue weighted by atomic mass is 9.41. The lowest BCUT2D eigenvalue weighted by Crippen LogP contribution is -2.61. The maximum Gasteiger partial charge on any atom is 0.397 e. The summed E-state index contributed by atoms with van der Waals surface area (Å²) < 4.78 is 35.0. The molecule has 20 rings (SSSR count). The van der Waals surface area contributed by atoms with Gasteiger partial charge in [0.15, 0.2) is 0 Å². The Hall–Kier alpha value is -0.490. The van der Waals surface area contributed by atoms with Crippen LogP contribution in [0, 0.1) is 261 Å². The largest absolute Gasteiger partial charge is 0.397 e. The topological polar surface area (TPSA) is 246 Å². The third kappa shape index (κ3) is 20.4. The maximum atomic E-state index is 11.8. The van der Waals surface area contributed by atoms with Crippen LogP contribution >= 0.6 is 0 Å². The van der Waals surface area contributed by atoms with Crippen LogP contribution in [0.3, 0.4) is 0 Å².